The highest BCUT2D eigenvalue weighted by Crippen LogP contribution is 2.51. The first-order valence-electron chi connectivity index (χ1n) is 12.3. The van der Waals surface area contributed by atoms with Crippen molar-refractivity contribution in [2.45, 2.75) is 43.7 Å². The minimum atomic E-state index is -0.332. The normalized spacial score (nSPS) is 26.4. The molecule has 4 atom stereocenters. The minimum Gasteiger partial charge on any atom is -0.427 e. The van der Waals surface area contributed by atoms with Gasteiger partial charge in [0, 0.05) is 57.1 Å². The van der Waals surface area contributed by atoms with Gasteiger partial charge in [-0.05, 0) is 55.6 Å². The second kappa shape index (κ2) is 10.8. The van der Waals surface area contributed by atoms with Crippen molar-refractivity contribution in [1.29, 1.82) is 0 Å². The smallest absolute Gasteiger partial charge is 0.308 e. The van der Waals surface area contributed by atoms with E-state index in [1.807, 2.05) is 66.6 Å². The number of likely N-dealkylation sites (tertiary alicyclic amines) is 1. The molecule has 2 fully saturated rings. The van der Waals surface area contributed by atoms with Crippen LogP contribution in [0.4, 0.5) is 0 Å². The molecule has 1 saturated carbocycles. The van der Waals surface area contributed by atoms with Gasteiger partial charge in [-0.3, -0.25) is 14.5 Å². The molecule has 0 aromatic heterocycles. The van der Waals surface area contributed by atoms with Gasteiger partial charge in [-0.2, -0.15) is 0 Å². The SMILES string of the molecule is C=CCN1CCC2(c3cccc(OC(C)=O)c3)C[C@@H](N(C)C(=O)c3ccccc3)CC(OC)C2C1. The van der Waals surface area contributed by atoms with E-state index in [9.17, 15) is 9.59 Å². The number of hydrogen-bond donors (Lipinski definition) is 0. The van der Waals surface area contributed by atoms with E-state index in [0.717, 1.165) is 44.5 Å². The molecule has 3 unspecified atom stereocenters. The Labute approximate surface area is 208 Å². The van der Waals surface area contributed by atoms with Crippen molar-refractivity contribution in [2.24, 2.45) is 5.92 Å². The van der Waals surface area contributed by atoms with E-state index >= 15 is 0 Å². The van der Waals surface area contributed by atoms with E-state index in [1.54, 1.807) is 7.11 Å². The Kier molecular flexibility index (Phi) is 7.72. The van der Waals surface area contributed by atoms with E-state index in [0.29, 0.717) is 11.3 Å². The molecule has 0 bridgehead atoms. The third-order valence-electron chi connectivity index (χ3n) is 7.84. The number of carbonyl (C=O) groups excluding carboxylic acids is 2. The first-order valence-corrected chi connectivity index (χ1v) is 12.3. The van der Waals surface area contributed by atoms with Gasteiger partial charge in [0.25, 0.3) is 5.91 Å². The Balaban J connectivity index is 1.72. The summed E-state index contributed by atoms with van der Waals surface area (Å²) in [6, 6.07) is 17.4. The summed E-state index contributed by atoms with van der Waals surface area (Å²) in [6.07, 6.45) is 4.49. The number of esters is 1. The van der Waals surface area contributed by atoms with Crippen LogP contribution in [0.2, 0.25) is 0 Å². The van der Waals surface area contributed by atoms with Crippen LogP contribution >= 0.6 is 0 Å². The fraction of sp³-hybridized carbons (Fsp3) is 0.448. The summed E-state index contributed by atoms with van der Waals surface area (Å²) in [5.41, 5.74) is 1.63. The Hall–Kier alpha value is -2.96. The standard InChI is InChI=1S/C29H36N2O4/c1-5-15-31-16-14-29(23-12-9-13-25(17-23)35-21(2)32)19-24(18-27(34-4)26(29)20-31)30(3)28(33)22-10-7-6-8-11-22/h5-13,17,24,26-27H,1,14-16,18-20H2,2-4H3/t24-,26?,27?,29?/m0/s1. The molecule has 1 aliphatic carbocycles. The van der Waals surface area contributed by atoms with E-state index in [-0.39, 0.29) is 35.4 Å². The van der Waals surface area contributed by atoms with Crippen molar-refractivity contribution in [3.05, 3.63) is 78.4 Å². The highest BCUT2D eigenvalue weighted by molar-refractivity contribution is 5.94. The number of nitrogens with zero attached hydrogens (tertiary/aromatic N) is 2. The number of amides is 1. The Morgan fingerprint density at radius 1 is 1.20 bits per heavy atom. The van der Waals surface area contributed by atoms with Crippen LogP contribution in [0, 0.1) is 5.92 Å². The van der Waals surface area contributed by atoms with Crippen molar-refractivity contribution >= 4 is 11.9 Å². The monoisotopic (exact) mass is 476 g/mol. The zero-order valence-corrected chi connectivity index (χ0v) is 21.0. The molecule has 35 heavy (non-hydrogen) atoms. The highest BCUT2D eigenvalue weighted by Gasteiger charge is 2.53. The van der Waals surface area contributed by atoms with Gasteiger partial charge >= 0.3 is 5.97 Å². The number of methoxy groups -OCH3 is 1. The van der Waals surface area contributed by atoms with Crippen LogP contribution in [0.1, 0.15) is 42.1 Å². The average Bonchev–Trinajstić information content (AvgIpc) is 2.87. The number of ether oxygens (including phenoxy) is 2. The summed E-state index contributed by atoms with van der Waals surface area (Å²) in [6.45, 7) is 8.01. The minimum absolute atomic E-state index is 0.00947. The van der Waals surface area contributed by atoms with Crippen molar-refractivity contribution in [3.63, 3.8) is 0 Å². The lowest BCUT2D eigenvalue weighted by atomic mass is 9.56. The summed E-state index contributed by atoms with van der Waals surface area (Å²) in [7, 11) is 3.68. The third-order valence-corrected chi connectivity index (χ3v) is 7.84. The van der Waals surface area contributed by atoms with Gasteiger partial charge in [0.1, 0.15) is 5.75 Å². The highest BCUT2D eigenvalue weighted by atomic mass is 16.5. The number of piperidine rings is 1. The van der Waals surface area contributed by atoms with E-state index in [2.05, 4.69) is 17.5 Å². The van der Waals surface area contributed by atoms with Gasteiger partial charge in [0.05, 0.1) is 6.10 Å². The number of rotatable bonds is 7. The van der Waals surface area contributed by atoms with Crippen molar-refractivity contribution in [2.75, 3.05) is 33.8 Å². The molecule has 6 nitrogen and oxygen atoms in total. The van der Waals surface area contributed by atoms with Crippen LogP contribution in [0.5, 0.6) is 5.75 Å². The fourth-order valence-corrected chi connectivity index (χ4v) is 6.12. The maximum Gasteiger partial charge on any atom is 0.308 e. The van der Waals surface area contributed by atoms with Gasteiger partial charge in [0.15, 0.2) is 0 Å². The van der Waals surface area contributed by atoms with Crippen LogP contribution in [-0.2, 0) is 14.9 Å². The largest absolute Gasteiger partial charge is 0.427 e. The Bertz CT molecular complexity index is 1060. The molecule has 0 N–H and O–H groups in total. The van der Waals surface area contributed by atoms with Gasteiger partial charge in [0.2, 0.25) is 0 Å². The van der Waals surface area contributed by atoms with Crippen LogP contribution in [-0.4, -0.2) is 67.6 Å². The quantitative estimate of drug-likeness (QED) is 0.339. The summed E-state index contributed by atoms with van der Waals surface area (Å²) in [5, 5.41) is 0. The summed E-state index contributed by atoms with van der Waals surface area (Å²) >= 11 is 0. The Morgan fingerprint density at radius 3 is 2.66 bits per heavy atom. The maximum absolute atomic E-state index is 13.4. The van der Waals surface area contributed by atoms with E-state index in [4.69, 9.17) is 9.47 Å². The number of carbonyl (C=O) groups is 2. The lowest BCUT2D eigenvalue weighted by Crippen LogP contribution is -2.61. The molecule has 1 heterocycles. The third kappa shape index (κ3) is 5.19. The summed E-state index contributed by atoms with van der Waals surface area (Å²) < 4.78 is 11.6. The predicted octanol–water partition coefficient (Wildman–Crippen LogP) is 4.31. The fourth-order valence-electron chi connectivity index (χ4n) is 6.12. The number of fused-ring (bicyclic) bond motifs is 1. The van der Waals surface area contributed by atoms with Crippen LogP contribution in [0.3, 0.4) is 0 Å². The number of hydrogen-bond acceptors (Lipinski definition) is 5. The average molecular weight is 477 g/mol. The zero-order chi connectivity index (χ0) is 25.0. The molecule has 6 heteroatoms. The topological polar surface area (TPSA) is 59.1 Å². The molecule has 0 radical (unpaired) electrons. The molecule has 2 aromatic carbocycles. The first-order chi connectivity index (χ1) is 16.9. The predicted molar refractivity (Wildman–Crippen MR) is 137 cm³/mol. The van der Waals surface area contributed by atoms with Crippen LogP contribution in [0.25, 0.3) is 0 Å². The second-order valence-corrected chi connectivity index (χ2v) is 9.83. The van der Waals surface area contributed by atoms with E-state index < -0.39 is 0 Å². The molecule has 2 aliphatic rings. The second-order valence-electron chi connectivity index (χ2n) is 9.83. The number of benzene rings is 2. The maximum atomic E-state index is 13.4. The van der Waals surface area contributed by atoms with Gasteiger partial charge < -0.3 is 14.4 Å². The lowest BCUT2D eigenvalue weighted by Gasteiger charge is -2.56. The first kappa shape index (κ1) is 25.1. The molecular weight excluding hydrogens is 440 g/mol. The molecule has 1 amide bonds. The van der Waals surface area contributed by atoms with Gasteiger partial charge in [-0.1, -0.05) is 36.4 Å². The van der Waals surface area contributed by atoms with Gasteiger partial charge in [-0.25, -0.2) is 0 Å². The van der Waals surface area contributed by atoms with Crippen LogP contribution in [0.15, 0.2) is 67.3 Å². The Morgan fingerprint density at radius 2 is 1.97 bits per heavy atom. The van der Waals surface area contributed by atoms with Crippen molar-refractivity contribution < 1.29 is 19.1 Å². The molecular formula is C29H36N2O4. The molecule has 2 aromatic rings. The molecule has 4 rings (SSSR count). The molecule has 1 aliphatic heterocycles. The van der Waals surface area contributed by atoms with Crippen LogP contribution < -0.4 is 4.74 Å². The molecule has 186 valence electrons. The summed E-state index contributed by atoms with van der Waals surface area (Å²) in [4.78, 5) is 29.3. The zero-order valence-electron chi connectivity index (χ0n) is 21.0. The summed E-state index contributed by atoms with van der Waals surface area (Å²) in [5.74, 6) is 0.491. The van der Waals surface area contributed by atoms with Crippen molar-refractivity contribution in [3.8, 4) is 5.75 Å². The molecule has 1 saturated heterocycles. The van der Waals surface area contributed by atoms with E-state index in [1.165, 1.54) is 6.92 Å². The molecule has 0 spiro atoms. The van der Waals surface area contributed by atoms with Crippen molar-refractivity contribution in [1.82, 2.24) is 9.80 Å². The lowest BCUT2D eigenvalue weighted by molar-refractivity contribution is -0.131. The van der Waals surface area contributed by atoms with Gasteiger partial charge in [-0.15, -0.1) is 6.58 Å².